The van der Waals surface area contributed by atoms with E-state index in [4.69, 9.17) is 0 Å². The molecule has 1 saturated heterocycles. The van der Waals surface area contributed by atoms with Gasteiger partial charge in [-0.25, -0.2) is 0 Å². The van der Waals surface area contributed by atoms with Gasteiger partial charge in [-0.1, -0.05) is 0 Å². The Morgan fingerprint density at radius 1 is 1.61 bits per heavy atom. The highest BCUT2D eigenvalue weighted by Gasteiger charge is 2.37. The molecule has 1 aromatic rings. The van der Waals surface area contributed by atoms with E-state index in [0.717, 1.165) is 4.68 Å². The number of carbonyl (C=O) groups is 1. The quantitative estimate of drug-likeness (QED) is 0.822. The minimum atomic E-state index is -4.50. The van der Waals surface area contributed by atoms with Crippen LogP contribution in [0.4, 0.5) is 13.2 Å². The van der Waals surface area contributed by atoms with Gasteiger partial charge in [0.05, 0.1) is 5.92 Å². The summed E-state index contributed by atoms with van der Waals surface area (Å²) in [5.74, 6) is -0.373. The first kappa shape index (κ1) is 12.9. The second kappa shape index (κ2) is 4.60. The highest BCUT2D eigenvalue weighted by atomic mass is 19.4. The highest BCUT2D eigenvalue weighted by Crippen LogP contribution is 2.30. The van der Waals surface area contributed by atoms with Crippen molar-refractivity contribution >= 4 is 5.91 Å². The monoisotopic (exact) mass is 262 g/mol. The molecule has 0 unspecified atom stereocenters. The van der Waals surface area contributed by atoms with Crippen molar-refractivity contribution in [1.82, 2.24) is 20.4 Å². The van der Waals surface area contributed by atoms with Crippen LogP contribution >= 0.6 is 0 Å². The summed E-state index contributed by atoms with van der Waals surface area (Å²) in [4.78, 5) is 11.5. The molecule has 0 spiro atoms. The lowest BCUT2D eigenvalue weighted by Crippen LogP contribution is -2.50. The van der Waals surface area contributed by atoms with Gasteiger partial charge in [-0.2, -0.15) is 18.3 Å². The number of amides is 1. The molecule has 0 aliphatic carbocycles. The second-order valence-electron chi connectivity index (χ2n) is 4.25. The number of aromatic nitrogens is 2. The zero-order valence-corrected chi connectivity index (χ0v) is 9.71. The minimum absolute atomic E-state index is 0.0226. The molecule has 1 aromatic heterocycles. The fourth-order valence-corrected chi connectivity index (χ4v) is 1.71. The van der Waals surface area contributed by atoms with Gasteiger partial charge in [0.1, 0.15) is 0 Å². The van der Waals surface area contributed by atoms with Crippen molar-refractivity contribution in [3.05, 3.63) is 17.5 Å². The lowest BCUT2D eigenvalue weighted by atomic mass is 10.0. The second-order valence-corrected chi connectivity index (χ2v) is 4.25. The molecule has 0 bridgehead atoms. The van der Waals surface area contributed by atoms with Crippen molar-refractivity contribution in [2.24, 2.45) is 13.0 Å². The maximum atomic E-state index is 12.6. The Morgan fingerprint density at radius 3 is 2.78 bits per heavy atom. The third-order valence-electron chi connectivity index (χ3n) is 2.78. The van der Waals surface area contributed by atoms with Gasteiger partial charge in [0.25, 0.3) is 0 Å². The summed E-state index contributed by atoms with van der Waals surface area (Å²) in [6.45, 7) is 0.994. The van der Waals surface area contributed by atoms with Crippen molar-refractivity contribution in [2.75, 3.05) is 13.1 Å². The Bertz CT molecular complexity index is 450. The standard InChI is InChI=1S/C10H13F3N4O/c1-17-5-7(8(16-17)10(11,12)13)4-15-9(18)6-2-14-3-6/h5-6,14H,2-4H2,1H3,(H,15,18). The molecule has 0 atom stereocenters. The fraction of sp³-hybridized carbons (Fsp3) is 0.600. The first-order valence-electron chi connectivity index (χ1n) is 5.46. The van der Waals surface area contributed by atoms with Crippen molar-refractivity contribution in [1.29, 1.82) is 0 Å². The van der Waals surface area contributed by atoms with Crippen LogP contribution in [0.15, 0.2) is 6.20 Å². The van der Waals surface area contributed by atoms with Crippen molar-refractivity contribution in [2.45, 2.75) is 12.7 Å². The average Bonchev–Trinajstić information content (AvgIpc) is 2.53. The van der Waals surface area contributed by atoms with Gasteiger partial charge in [-0.3, -0.25) is 9.48 Å². The summed E-state index contributed by atoms with van der Waals surface area (Å²) >= 11 is 0. The minimum Gasteiger partial charge on any atom is -0.352 e. The SMILES string of the molecule is Cn1cc(CNC(=O)C2CNC2)c(C(F)(F)F)n1. The summed E-state index contributed by atoms with van der Waals surface area (Å²) in [7, 11) is 1.41. The number of halogens is 3. The number of alkyl halides is 3. The fourth-order valence-electron chi connectivity index (χ4n) is 1.71. The maximum absolute atomic E-state index is 12.6. The summed E-state index contributed by atoms with van der Waals surface area (Å²) in [5, 5.41) is 8.78. The van der Waals surface area contributed by atoms with Crippen LogP contribution < -0.4 is 10.6 Å². The van der Waals surface area contributed by atoms with E-state index in [1.165, 1.54) is 13.2 Å². The molecule has 8 heteroatoms. The molecular formula is C10H13F3N4O. The largest absolute Gasteiger partial charge is 0.435 e. The topological polar surface area (TPSA) is 59.0 Å². The number of nitrogens with zero attached hydrogens (tertiary/aromatic N) is 2. The van der Waals surface area contributed by atoms with Crippen LogP contribution in [0.1, 0.15) is 11.3 Å². The van der Waals surface area contributed by atoms with Crippen LogP contribution in [0.25, 0.3) is 0 Å². The van der Waals surface area contributed by atoms with Gasteiger partial charge in [-0.05, 0) is 0 Å². The van der Waals surface area contributed by atoms with E-state index < -0.39 is 11.9 Å². The number of aryl methyl sites for hydroxylation is 1. The van der Waals surface area contributed by atoms with Gasteiger partial charge in [-0.15, -0.1) is 0 Å². The number of hydrogen-bond donors (Lipinski definition) is 2. The van der Waals surface area contributed by atoms with Crippen LogP contribution in [-0.4, -0.2) is 28.8 Å². The molecule has 2 N–H and O–H groups in total. The smallest absolute Gasteiger partial charge is 0.352 e. The van der Waals surface area contributed by atoms with Crippen molar-refractivity contribution < 1.29 is 18.0 Å². The van der Waals surface area contributed by atoms with Gasteiger partial charge >= 0.3 is 6.18 Å². The molecular weight excluding hydrogens is 249 g/mol. The molecule has 1 aliphatic heterocycles. The molecule has 18 heavy (non-hydrogen) atoms. The van der Waals surface area contributed by atoms with E-state index in [9.17, 15) is 18.0 Å². The van der Waals surface area contributed by atoms with Crippen molar-refractivity contribution in [3.63, 3.8) is 0 Å². The number of nitrogens with one attached hydrogen (secondary N) is 2. The Kier molecular flexibility index (Phi) is 3.29. The molecule has 1 amide bonds. The van der Waals surface area contributed by atoms with Crippen LogP contribution in [0.3, 0.4) is 0 Å². The Labute approximate surface area is 101 Å². The molecule has 100 valence electrons. The van der Waals surface area contributed by atoms with Crippen LogP contribution in [0.5, 0.6) is 0 Å². The van der Waals surface area contributed by atoms with Gasteiger partial charge in [0, 0.05) is 38.4 Å². The zero-order valence-electron chi connectivity index (χ0n) is 9.71. The van der Waals surface area contributed by atoms with Gasteiger partial charge in [0.2, 0.25) is 5.91 Å². The Balaban J connectivity index is 2.02. The summed E-state index contributed by atoms with van der Waals surface area (Å²) in [6, 6.07) is 0. The molecule has 1 fully saturated rings. The predicted octanol–water partition coefficient (Wildman–Crippen LogP) is 0.275. The molecule has 1 aliphatic rings. The Hall–Kier alpha value is -1.57. The summed E-state index contributed by atoms with van der Waals surface area (Å²) in [6.07, 6.45) is -3.23. The first-order chi connectivity index (χ1) is 8.38. The van der Waals surface area contributed by atoms with Crippen molar-refractivity contribution in [3.8, 4) is 0 Å². The first-order valence-corrected chi connectivity index (χ1v) is 5.46. The lowest BCUT2D eigenvalue weighted by Gasteiger charge is -2.25. The number of rotatable bonds is 3. The third-order valence-corrected chi connectivity index (χ3v) is 2.78. The maximum Gasteiger partial charge on any atom is 0.435 e. The molecule has 0 aromatic carbocycles. The number of carbonyl (C=O) groups excluding carboxylic acids is 1. The molecule has 0 saturated carbocycles. The lowest BCUT2D eigenvalue weighted by molar-refractivity contribution is -0.142. The predicted molar refractivity (Wildman–Crippen MR) is 56.4 cm³/mol. The van der Waals surface area contributed by atoms with Crippen LogP contribution in [0.2, 0.25) is 0 Å². The highest BCUT2D eigenvalue weighted by molar-refractivity contribution is 5.80. The van der Waals surface area contributed by atoms with E-state index in [0.29, 0.717) is 13.1 Å². The average molecular weight is 262 g/mol. The van der Waals surface area contributed by atoms with E-state index in [1.54, 1.807) is 0 Å². The molecule has 2 rings (SSSR count). The Morgan fingerprint density at radius 2 is 2.28 bits per heavy atom. The normalized spacial score (nSPS) is 16.4. The van der Waals surface area contributed by atoms with Crippen LogP contribution in [-0.2, 0) is 24.6 Å². The number of hydrogen-bond acceptors (Lipinski definition) is 3. The van der Waals surface area contributed by atoms with E-state index in [-0.39, 0.29) is 23.9 Å². The molecule has 2 heterocycles. The third kappa shape index (κ3) is 2.63. The van der Waals surface area contributed by atoms with Crippen LogP contribution in [0, 0.1) is 5.92 Å². The zero-order chi connectivity index (χ0) is 13.3. The summed E-state index contributed by atoms with van der Waals surface area (Å²) < 4.78 is 39.0. The van der Waals surface area contributed by atoms with E-state index in [2.05, 4.69) is 15.7 Å². The van der Waals surface area contributed by atoms with E-state index >= 15 is 0 Å². The molecule has 5 nitrogen and oxygen atoms in total. The summed E-state index contributed by atoms with van der Waals surface area (Å²) in [5.41, 5.74) is -0.970. The van der Waals surface area contributed by atoms with E-state index in [1.807, 2.05) is 0 Å². The van der Waals surface area contributed by atoms with Gasteiger partial charge < -0.3 is 10.6 Å². The van der Waals surface area contributed by atoms with Gasteiger partial charge in [0.15, 0.2) is 5.69 Å². The molecule has 0 radical (unpaired) electrons.